The van der Waals surface area contributed by atoms with Gasteiger partial charge < -0.3 is 15.7 Å². The van der Waals surface area contributed by atoms with Gasteiger partial charge in [0.1, 0.15) is 0 Å². The van der Waals surface area contributed by atoms with Gasteiger partial charge >= 0.3 is 7.82 Å². The van der Waals surface area contributed by atoms with Crippen molar-refractivity contribution in [3.8, 4) is 0 Å². The quantitative estimate of drug-likeness (QED) is 0.652. The maximum Gasteiger partial charge on any atom is 0.475 e. The molecule has 0 radical (unpaired) electrons. The summed E-state index contributed by atoms with van der Waals surface area (Å²) in [6.45, 7) is 0. The Bertz CT molecular complexity index is 1030. The summed E-state index contributed by atoms with van der Waals surface area (Å²) in [5.74, 6) is -1.78. The van der Waals surface area contributed by atoms with E-state index in [0.717, 1.165) is 14.2 Å². The number of phosphoric ester groups is 1. The first kappa shape index (κ1) is 18.8. The van der Waals surface area contributed by atoms with Gasteiger partial charge in [-0.3, -0.25) is 23.2 Å². The largest absolute Gasteiger partial charge is 0.475 e. The van der Waals surface area contributed by atoms with Crippen molar-refractivity contribution in [2.24, 2.45) is 0 Å². The Morgan fingerprint density at radius 1 is 0.857 bits per heavy atom. The molecule has 2 atom stereocenters. The van der Waals surface area contributed by atoms with E-state index in [1.54, 1.807) is 36.4 Å². The molecule has 2 aliphatic rings. The number of carbonyl (C=O) groups excluding carboxylic acids is 2. The molecular formula is C18H17N2O7P. The molecule has 0 aromatic heterocycles. The van der Waals surface area contributed by atoms with E-state index in [1.165, 1.54) is 12.1 Å². The second kappa shape index (κ2) is 6.23. The predicted molar refractivity (Wildman–Crippen MR) is 98.4 cm³/mol. The maximum atomic E-state index is 13.2. The van der Waals surface area contributed by atoms with E-state index in [9.17, 15) is 19.3 Å². The summed E-state index contributed by atoms with van der Waals surface area (Å²) in [5.41, 5.74) is -4.11. The molecule has 2 aliphatic heterocycles. The fraction of sp³-hybridized carbons (Fsp3) is 0.222. The summed E-state index contributed by atoms with van der Waals surface area (Å²) in [7, 11) is -2.18. The van der Waals surface area contributed by atoms with Crippen LogP contribution in [0.1, 0.15) is 11.1 Å². The first-order chi connectivity index (χ1) is 13.3. The van der Waals surface area contributed by atoms with Crippen molar-refractivity contribution in [1.82, 2.24) is 0 Å². The van der Waals surface area contributed by atoms with E-state index >= 15 is 0 Å². The average Bonchev–Trinajstić information content (AvgIpc) is 3.14. The van der Waals surface area contributed by atoms with Crippen LogP contribution in [0.4, 0.5) is 11.4 Å². The zero-order valence-electron chi connectivity index (χ0n) is 15.0. The molecule has 2 amide bonds. The van der Waals surface area contributed by atoms with Crippen LogP contribution in [0.25, 0.3) is 0 Å². The lowest BCUT2D eigenvalue weighted by Gasteiger charge is -2.39. The summed E-state index contributed by atoms with van der Waals surface area (Å²) in [5, 5.41) is 16.8. The zero-order chi connectivity index (χ0) is 20.2. The molecule has 0 saturated carbocycles. The molecule has 3 N–H and O–H groups in total. The van der Waals surface area contributed by atoms with Crippen molar-refractivity contribution in [3.63, 3.8) is 0 Å². The highest BCUT2D eigenvalue weighted by Gasteiger charge is 2.71. The predicted octanol–water partition coefficient (Wildman–Crippen LogP) is 2.09. The lowest BCUT2D eigenvalue weighted by Crippen LogP contribution is -2.58. The summed E-state index contributed by atoms with van der Waals surface area (Å²) >= 11 is 0. The Morgan fingerprint density at radius 2 is 1.36 bits per heavy atom. The number of hydrogen-bond acceptors (Lipinski definition) is 7. The van der Waals surface area contributed by atoms with Gasteiger partial charge in [0.15, 0.2) is 0 Å². The first-order valence-electron chi connectivity index (χ1n) is 8.29. The average molecular weight is 404 g/mol. The number of nitrogens with one attached hydrogen (secondary N) is 2. The number of para-hydroxylation sites is 2. The second-order valence-electron chi connectivity index (χ2n) is 6.29. The van der Waals surface area contributed by atoms with Crippen LogP contribution in [0.2, 0.25) is 0 Å². The van der Waals surface area contributed by atoms with Crippen LogP contribution in [-0.2, 0) is 38.9 Å². The molecule has 2 heterocycles. The van der Waals surface area contributed by atoms with E-state index < -0.39 is 30.8 Å². The highest BCUT2D eigenvalue weighted by atomic mass is 31.2. The molecule has 0 saturated heterocycles. The van der Waals surface area contributed by atoms with Gasteiger partial charge in [-0.1, -0.05) is 36.4 Å². The fourth-order valence-electron chi connectivity index (χ4n) is 3.66. The Kier molecular flexibility index (Phi) is 4.18. The van der Waals surface area contributed by atoms with Gasteiger partial charge in [-0.2, -0.15) is 0 Å². The number of fused-ring (bicyclic) bond motifs is 2. The Hall–Kier alpha value is -2.55. The molecule has 2 aromatic carbocycles. The molecule has 0 aliphatic carbocycles. The van der Waals surface area contributed by atoms with Crippen molar-refractivity contribution >= 4 is 31.0 Å². The van der Waals surface area contributed by atoms with Crippen molar-refractivity contribution in [2.45, 2.75) is 11.2 Å². The van der Waals surface area contributed by atoms with Gasteiger partial charge in [0, 0.05) is 36.7 Å². The van der Waals surface area contributed by atoms with E-state index in [4.69, 9.17) is 13.6 Å². The molecule has 0 unspecified atom stereocenters. The molecule has 9 nitrogen and oxygen atoms in total. The Labute approximate surface area is 160 Å². The first-order valence-corrected chi connectivity index (χ1v) is 9.75. The summed E-state index contributed by atoms with van der Waals surface area (Å²) in [6.07, 6.45) is 0. The molecule has 10 heteroatoms. The van der Waals surface area contributed by atoms with Crippen molar-refractivity contribution < 1.29 is 32.8 Å². The van der Waals surface area contributed by atoms with Crippen molar-refractivity contribution in [2.75, 3.05) is 24.9 Å². The normalized spacial score (nSPS) is 25.8. The summed E-state index contributed by atoms with van der Waals surface area (Å²) < 4.78 is 28.2. The third-order valence-corrected chi connectivity index (χ3v) is 6.37. The number of phosphoric acid groups is 1. The number of carbonyl (C=O) groups is 2. The number of benzene rings is 2. The standard InChI is InChI=1S/C18H17N2O7P/c1-25-28(24,26-2)27-18(12-8-4-6-10-14(12)20-16(18)22)17(23)11-7-3-5-9-13(11)19-15(17)21/h3-10,23H,1-2H3,(H,19,21)(H,20,22)/t17-,18-/m0/s1. The minimum Gasteiger partial charge on any atom is -0.372 e. The number of anilines is 2. The minimum atomic E-state index is -4.32. The molecular weight excluding hydrogens is 387 g/mol. The van der Waals surface area contributed by atoms with Crippen LogP contribution in [0, 0.1) is 0 Å². The van der Waals surface area contributed by atoms with Crippen LogP contribution in [-0.4, -0.2) is 31.1 Å². The van der Waals surface area contributed by atoms with Crippen LogP contribution >= 0.6 is 7.82 Å². The lowest BCUT2D eigenvalue weighted by atomic mass is 9.74. The van der Waals surface area contributed by atoms with Gasteiger partial charge in [-0.15, -0.1) is 0 Å². The summed E-state index contributed by atoms with van der Waals surface area (Å²) in [4.78, 5) is 26.2. The molecule has 146 valence electrons. The minimum absolute atomic E-state index is 0.102. The Balaban J connectivity index is 2.05. The third kappa shape index (κ3) is 2.25. The third-order valence-electron chi connectivity index (χ3n) is 4.97. The van der Waals surface area contributed by atoms with Gasteiger partial charge in [0.25, 0.3) is 11.8 Å². The molecule has 0 fully saturated rings. The van der Waals surface area contributed by atoms with Crippen molar-refractivity contribution in [1.29, 1.82) is 0 Å². The van der Waals surface area contributed by atoms with E-state index in [-0.39, 0.29) is 11.1 Å². The second-order valence-corrected chi connectivity index (χ2v) is 8.10. The number of aliphatic hydroxyl groups is 1. The highest BCUT2D eigenvalue weighted by molar-refractivity contribution is 7.48. The lowest BCUT2D eigenvalue weighted by molar-refractivity contribution is -0.178. The van der Waals surface area contributed by atoms with E-state index in [1.807, 2.05) is 0 Å². The molecule has 0 bridgehead atoms. The van der Waals surface area contributed by atoms with Gasteiger partial charge in [0.2, 0.25) is 11.2 Å². The number of hydrogen-bond donors (Lipinski definition) is 3. The number of amides is 2. The van der Waals surface area contributed by atoms with Gasteiger partial charge in [-0.05, 0) is 12.1 Å². The maximum absolute atomic E-state index is 13.2. The Morgan fingerprint density at radius 3 is 1.96 bits per heavy atom. The van der Waals surface area contributed by atoms with Gasteiger partial charge in [-0.25, -0.2) is 4.57 Å². The summed E-state index contributed by atoms with van der Waals surface area (Å²) in [6, 6.07) is 12.7. The van der Waals surface area contributed by atoms with E-state index in [2.05, 4.69) is 10.6 Å². The van der Waals surface area contributed by atoms with Crippen LogP contribution < -0.4 is 10.6 Å². The smallest absolute Gasteiger partial charge is 0.372 e. The molecule has 28 heavy (non-hydrogen) atoms. The molecule has 2 aromatic rings. The van der Waals surface area contributed by atoms with Crippen LogP contribution in [0.5, 0.6) is 0 Å². The SMILES string of the molecule is COP(=O)(OC)O[C@]1([C@@]2(O)C(=O)Nc3ccccc32)C(=O)Nc2ccccc21. The molecule has 4 rings (SSSR count). The van der Waals surface area contributed by atoms with Crippen LogP contribution in [0.15, 0.2) is 48.5 Å². The zero-order valence-corrected chi connectivity index (χ0v) is 15.9. The van der Waals surface area contributed by atoms with Crippen molar-refractivity contribution in [3.05, 3.63) is 59.7 Å². The fourth-order valence-corrected chi connectivity index (χ4v) is 4.60. The highest BCUT2D eigenvalue weighted by Crippen LogP contribution is 2.62. The van der Waals surface area contributed by atoms with Crippen LogP contribution in [0.3, 0.4) is 0 Å². The van der Waals surface area contributed by atoms with E-state index in [0.29, 0.717) is 11.4 Å². The topological polar surface area (TPSA) is 123 Å². The number of rotatable bonds is 5. The monoisotopic (exact) mass is 404 g/mol. The van der Waals surface area contributed by atoms with Gasteiger partial charge in [0.05, 0.1) is 0 Å². The molecule has 0 spiro atoms.